The maximum atomic E-state index is 6.25. The van der Waals surface area contributed by atoms with Crippen molar-refractivity contribution < 1.29 is 0 Å². The van der Waals surface area contributed by atoms with E-state index >= 15 is 0 Å². The van der Waals surface area contributed by atoms with Gasteiger partial charge < -0.3 is 11.5 Å². The highest BCUT2D eigenvalue weighted by Crippen LogP contribution is 2.35. The Hall–Kier alpha value is -4.36. The summed E-state index contributed by atoms with van der Waals surface area (Å²) >= 11 is 0. The number of aromatic nitrogens is 8. The van der Waals surface area contributed by atoms with Crippen LogP contribution in [0.25, 0.3) is 0 Å². The predicted molar refractivity (Wildman–Crippen MR) is 127 cm³/mol. The van der Waals surface area contributed by atoms with E-state index in [4.69, 9.17) is 11.5 Å². The van der Waals surface area contributed by atoms with Gasteiger partial charge in [-0.15, -0.1) is 20.5 Å². The van der Waals surface area contributed by atoms with Crippen molar-refractivity contribution in [3.8, 4) is 0 Å². The van der Waals surface area contributed by atoms with Gasteiger partial charge in [0.15, 0.2) is 23.0 Å². The number of nitrogens with zero attached hydrogens (tertiary/aromatic N) is 12. The van der Waals surface area contributed by atoms with E-state index in [0.717, 1.165) is 16.8 Å². The normalized spacial score (nSPS) is 12.1. The Labute approximate surface area is 196 Å². The van der Waals surface area contributed by atoms with Gasteiger partial charge in [0.05, 0.1) is 23.3 Å². The number of hydrogen-bond acceptors (Lipinski definition) is 10. The fraction of sp³-hybridized carbons (Fsp3) is 0.400. The van der Waals surface area contributed by atoms with Crippen LogP contribution in [-0.2, 0) is 34.6 Å². The number of anilines is 2. The SMILES string of the molecule is Cc1cnn(C)c1N=Nc1c(Cc2nn(C)c(N)c2N=Nc2c(C)c(C)nn2C)nn(C)c1N. The molecule has 0 amide bonds. The number of nitrogen functional groups attached to an aromatic ring is 2. The van der Waals surface area contributed by atoms with E-state index in [9.17, 15) is 0 Å². The predicted octanol–water partition coefficient (Wildman–Crippen LogP) is 3.13. The van der Waals surface area contributed by atoms with Crippen LogP contribution in [0.15, 0.2) is 26.7 Å². The Morgan fingerprint density at radius 3 is 1.68 bits per heavy atom. The van der Waals surface area contributed by atoms with Crippen LogP contribution in [0.1, 0.15) is 28.2 Å². The van der Waals surface area contributed by atoms with Gasteiger partial charge >= 0.3 is 0 Å². The second-order valence-electron chi connectivity index (χ2n) is 8.12. The highest BCUT2D eigenvalue weighted by atomic mass is 15.4. The van der Waals surface area contributed by atoms with Gasteiger partial charge in [-0.05, 0) is 20.8 Å². The summed E-state index contributed by atoms with van der Waals surface area (Å²) in [6, 6.07) is 0. The average Bonchev–Trinajstić information content (AvgIpc) is 3.42. The van der Waals surface area contributed by atoms with Crippen LogP contribution in [0.4, 0.5) is 34.6 Å². The van der Waals surface area contributed by atoms with Crippen LogP contribution in [0.2, 0.25) is 0 Å². The number of aryl methyl sites for hydroxylation is 6. The van der Waals surface area contributed by atoms with E-state index < -0.39 is 0 Å². The van der Waals surface area contributed by atoms with E-state index in [1.807, 2.05) is 27.8 Å². The second kappa shape index (κ2) is 8.53. The highest BCUT2D eigenvalue weighted by molar-refractivity contribution is 5.66. The topological polar surface area (TPSA) is 173 Å². The maximum Gasteiger partial charge on any atom is 0.175 e. The molecule has 14 nitrogen and oxygen atoms in total. The molecule has 4 aromatic heterocycles. The van der Waals surface area contributed by atoms with Gasteiger partial charge in [0.1, 0.15) is 11.6 Å². The maximum absolute atomic E-state index is 6.25. The lowest BCUT2D eigenvalue weighted by atomic mass is 10.2. The highest BCUT2D eigenvalue weighted by Gasteiger charge is 2.21. The van der Waals surface area contributed by atoms with Gasteiger partial charge in [0.2, 0.25) is 0 Å². The first-order valence-corrected chi connectivity index (χ1v) is 10.5. The molecule has 0 aliphatic rings. The minimum absolute atomic E-state index is 0.284. The lowest BCUT2D eigenvalue weighted by Gasteiger charge is -1.99. The molecule has 4 aromatic rings. The van der Waals surface area contributed by atoms with Gasteiger partial charge in [0.25, 0.3) is 0 Å². The summed E-state index contributed by atoms with van der Waals surface area (Å²) in [5.74, 6) is 2.04. The zero-order valence-corrected chi connectivity index (χ0v) is 20.3. The van der Waals surface area contributed by atoms with Crippen molar-refractivity contribution in [2.75, 3.05) is 11.5 Å². The Kier molecular flexibility index (Phi) is 5.73. The minimum Gasteiger partial charge on any atom is -0.382 e. The average molecular weight is 465 g/mol. The quantitative estimate of drug-likeness (QED) is 0.415. The third-order valence-corrected chi connectivity index (χ3v) is 5.66. The van der Waals surface area contributed by atoms with Crippen LogP contribution in [0.5, 0.6) is 0 Å². The molecule has 4 heterocycles. The molecule has 0 spiro atoms. The van der Waals surface area contributed by atoms with E-state index in [1.165, 1.54) is 0 Å². The van der Waals surface area contributed by atoms with E-state index in [2.05, 4.69) is 40.9 Å². The van der Waals surface area contributed by atoms with Gasteiger partial charge in [-0.1, -0.05) is 0 Å². The third kappa shape index (κ3) is 3.93. The van der Waals surface area contributed by atoms with Crippen molar-refractivity contribution in [2.45, 2.75) is 27.2 Å². The van der Waals surface area contributed by atoms with Crippen molar-refractivity contribution in [3.05, 3.63) is 34.4 Å². The molecule has 0 saturated heterocycles. The minimum atomic E-state index is 0.284. The zero-order valence-electron chi connectivity index (χ0n) is 20.3. The molecule has 4 N–H and O–H groups in total. The molecule has 0 atom stereocenters. The number of hydrogen-bond donors (Lipinski definition) is 2. The fourth-order valence-corrected chi connectivity index (χ4v) is 3.55. The lowest BCUT2D eigenvalue weighted by Crippen LogP contribution is -1.98. The number of azo groups is 2. The molecule has 4 rings (SSSR count). The summed E-state index contributed by atoms with van der Waals surface area (Å²) in [6.07, 6.45) is 2.01. The molecular weight excluding hydrogens is 436 g/mol. The zero-order chi connectivity index (χ0) is 24.7. The van der Waals surface area contributed by atoms with Gasteiger partial charge in [-0.25, -0.2) is 9.36 Å². The van der Waals surface area contributed by atoms with Crippen LogP contribution in [0, 0.1) is 20.8 Å². The summed E-state index contributed by atoms with van der Waals surface area (Å²) in [7, 11) is 7.11. The molecule has 0 aliphatic heterocycles. The Morgan fingerprint density at radius 1 is 0.706 bits per heavy atom. The van der Waals surface area contributed by atoms with E-state index in [-0.39, 0.29) is 6.42 Å². The fourth-order valence-electron chi connectivity index (χ4n) is 3.55. The summed E-state index contributed by atoms with van der Waals surface area (Å²) in [5.41, 5.74) is 17.3. The molecule has 178 valence electrons. The number of nitrogens with two attached hydrogens (primary N) is 2. The summed E-state index contributed by atoms with van der Waals surface area (Å²) < 4.78 is 6.43. The molecule has 0 saturated carbocycles. The molecular formula is C20H28N14. The van der Waals surface area contributed by atoms with Crippen molar-refractivity contribution >= 4 is 34.6 Å². The van der Waals surface area contributed by atoms with Crippen LogP contribution < -0.4 is 11.5 Å². The molecule has 34 heavy (non-hydrogen) atoms. The summed E-state index contributed by atoms with van der Waals surface area (Å²) in [4.78, 5) is 0. The van der Waals surface area contributed by atoms with Crippen molar-refractivity contribution in [3.63, 3.8) is 0 Å². The van der Waals surface area contributed by atoms with E-state index in [0.29, 0.717) is 46.0 Å². The molecule has 14 heteroatoms. The molecule has 0 aromatic carbocycles. The largest absolute Gasteiger partial charge is 0.382 e. The van der Waals surface area contributed by atoms with Gasteiger partial charge in [0, 0.05) is 45.7 Å². The van der Waals surface area contributed by atoms with Gasteiger partial charge in [-0.2, -0.15) is 20.4 Å². The number of rotatable bonds is 6. The molecule has 0 fully saturated rings. The van der Waals surface area contributed by atoms with Crippen LogP contribution >= 0.6 is 0 Å². The molecule has 0 bridgehead atoms. The second-order valence-corrected chi connectivity index (χ2v) is 8.12. The third-order valence-electron chi connectivity index (χ3n) is 5.66. The first kappa shape index (κ1) is 22.8. The summed E-state index contributed by atoms with van der Waals surface area (Å²) in [5, 5.41) is 35.2. The first-order valence-electron chi connectivity index (χ1n) is 10.5. The van der Waals surface area contributed by atoms with Crippen molar-refractivity contribution in [1.82, 2.24) is 39.1 Å². The Balaban J connectivity index is 1.71. The van der Waals surface area contributed by atoms with Crippen molar-refractivity contribution in [2.24, 2.45) is 48.6 Å². The first-order chi connectivity index (χ1) is 16.1. The molecule has 0 aliphatic carbocycles. The van der Waals surface area contributed by atoms with Crippen molar-refractivity contribution in [1.29, 1.82) is 0 Å². The van der Waals surface area contributed by atoms with Gasteiger partial charge in [-0.3, -0.25) is 9.36 Å². The molecule has 0 unspecified atom stereocenters. The standard InChI is InChI=1S/C20H28N14/c1-10-9-23-33(6)19(10)26-24-15-13(29-31(4)17(15)21)8-14-16(18(22)32(5)30-14)25-27-20-11(2)12(3)28-34(20)7/h9H,8,21-22H2,1-7H3. The van der Waals surface area contributed by atoms with Crippen LogP contribution in [-0.4, -0.2) is 39.1 Å². The smallest absolute Gasteiger partial charge is 0.175 e. The molecule has 0 radical (unpaired) electrons. The summed E-state index contributed by atoms with van der Waals surface area (Å²) in [6.45, 7) is 5.78. The van der Waals surface area contributed by atoms with E-state index in [1.54, 1.807) is 46.1 Å². The Bertz CT molecular complexity index is 1400. The monoisotopic (exact) mass is 464 g/mol. The lowest BCUT2D eigenvalue weighted by molar-refractivity contribution is 0.737. The Morgan fingerprint density at radius 2 is 1.24 bits per heavy atom. The van der Waals surface area contributed by atoms with Crippen LogP contribution in [0.3, 0.4) is 0 Å².